The lowest BCUT2D eigenvalue weighted by Gasteiger charge is -2.47. The van der Waals surface area contributed by atoms with Gasteiger partial charge < -0.3 is 9.64 Å². The first kappa shape index (κ1) is 20.9. The molecule has 2 aliphatic rings. The Morgan fingerprint density at radius 2 is 1.73 bits per heavy atom. The van der Waals surface area contributed by atoms with Crippen LogP contribution in [0.5, 0.6) is 0 Å². The third-order valence-corrected chi connectivity index (χ3v) is 7.11. The van der Waals surface area contributed by atoms with Crippen molar-refractivity contribution in [3.63, 3.8) is 0 Å². The van der Waals surface area contributed by atoms with E-state index in [1.54, 1.807) is 0 Å². The number of methoxy groups -OCH3 is 1. The predicted molar refractivity (Wildman–Crippen MR) is 121 cm³/mol. The van der Waals surface area contributed by atoms with Crippen LogP contribution < -0.4 is 0 Å². The van der Waals surface area contributed by atoms with Crippen LogP contribution in [-0.4, -0.2) is 37.6 Å². The average Bonchev–Trinajstić information content (AvgIpc) is 2.81. The molecular formula is C27H33NO2. The minimum atomic E-state index is -0.0346. The summed E-state index contributed by atoms with van der Waals surface area (Å²) >= 11 is 0. The van der Waals surface area contributed by atoms with Gasteiger partial charge in [0, 0.05) is 17.9 Å². The first-order valence-corrected chi connectivity index (χ1v) is 11.3. The van der Waals surface area contributed by atoms with Crippen molar-refractivity contribution < 1.29 is 9.53 Å². The van der Waals surface area contributed by atoms with E-state index in [2.05, 4.69) is 77.7 Å². The van der Waals surface area contributed by atoms with Gasteiger partial charge in [0.1, 0.15) is 0 Å². The second-order valence-corrected chi connectivity index (χ2v) is 8.89. The standard InChI is InChI=1S/C27H33NO2/c1-30-26(29)25-15-8-9-17-27(25)18-10-19-28(21-27)20-16-24(22-11-4-2-5-12-22)23-13-6-3-7-14-23/h2-9,11-14,24-25H,10,15-21H2,1H3/t25-,27-/m0/s1. The van der Waals surface area contributed by atoms with Crippen molar-refractivity contribution in [3.05, 3.63) is 83.9 Å². The van der Waals surface area contributed by atoms with Crippen molar-refractivity contribution in [1.29, 1.82) is 0 Å². The first-order valence-electron chi connectivity index (χ1n) is 11.3. The Hall–Kier alpha value is -2.39. The summed E-state index contributed by atoms with van der Waals surface area (Å²) in [6.45, 7) is 3.16. The second kappa shape index (κ2) is 9.61. The first-order chi connectivity index (χ1) is 14.7. The molecule has 0 amide bonds. The largest absolute Gasteiger partial charge is 0.469 e. The van der Waals surface area contributed by atoms with Crippen LogP contribution >= 0.6 is 0 Å². The van der Waals surface area contributed by atoms with E-state index in [1.165, 1.54) is 18.2 Å². The molecule has 3 heteroatoms. The zero-order valence-corrected chi connectivity index (χ0v) is 18.0. The number of esters is 1. The van der Waals surface area contributed by atoms with Gasteiger partial charge in [-0.05, 0) is 56.3 Å². The maximum Gasteiger partial charge on any atom is 0.309 e. The molecule has 1 spiro atoms. The molecule has 0 aromatic heterocycles. The smallest absolute Gasteiger partial charge is 0.309 e. The molecule has 1 heterocycles. The van der Waals surface area contributed by atoms with E-state index in [0.717, 1.165) is 51.7 Å². The summed E-state index contributed by atoms with van der Waals surface area (Å²) in [5.74, 6) is 0.356. The molecule has 0 N–H and O–H groups in total. The highest BCUT2D eigenvalue weighted by atomic mass is 16.5. The third kappa shape index (κ3) is 4.52. The molecular weight excluding hydrogens is 370 g/mol. The normalized spacial score (nSPS) is 24.3. The van der Waals surface area contributed by atoms with E-state index in [0.29, 0.717) is 5.92 Å². The fourth-order valence-corrected chi connectivity index (χ4v) is 5.54. The van der Waals surface area contributed by atoms with Gasteiger partial charge >= 0.3 is 5.97 Å². The number of ether oxygens (including phenoxy) is 1. The highest BCUT2D eigenvalue weighted by molar-refractivity contribution is 5.74. The topological polar surface area (TPSA) is 29.5 Å². The summed E-state index contributed by atoms with van der Waals surface area (Å²) in [6, 6.07) is 21.7. The van der Waals surface area contributed by atoms with E-state index in [4.69, 9.17) is 4.74 Å². The lowest BCUT2D eigenvalue weighted by molar-refractivity contribution is -0.152. The second-order valence-electron chi connectivity index (χ2n) is 8.89. The van der Waals surface area contributed by atoms with E-state index >= 15 is 0 Å². The molecule has 0 saturated carbocycles. The van der Waals surface area contributed by atoms with Gasteiger partial charge in [-0.15, -0.1) is 0 Å². The molecule has 158 valence electrons. The molecule has 0 bridgehead atoms. The molecule has 1 fully saturated rings. The number of allylic oxidation sites excluding steroid dienone is 2. The lowest BCUT2D eigenvalue weighted by Crippen LogP contribution is -2.50. The number of likely N-dealkylation sites (tertiary alicyclic amines) is 1. The van der Waals surface area contributed by atoms with Gasteiger partial charge in [-0.1, -0.05) is 72.8 Å². The molecule has 2 atom stereocenters. The van der Waals surface area contributed by atoms with Gasteiger partial charge in [-0.2, -0.15) is 0 Å². The quantitative estimate of drug-likeness (QED) is 0.476. The van der Waals surface area contributed by atoms with Crippen LogP contribution in [0.1, 0.15) is 49.1 Å². The zero-order valence-electron chi connectivity index (χ0n) is 18.0. The van der Waals surface area contributed by atoms with Crippen LogP contribution in [0.25, 0.3) is 0 Å². The third-order valence-electron chi connectivity index (χ3n) is 7.11. The molecule has 1 aliphatic heterocycles. The fourth-order valence-electron chi connectivity index (χ4n) is 5.54. The highest BCUT2D eigenvalue weighted by Crippen LogP contribution is 2.46. The van der Waals surface area contributed by atoms with Gasteiger partial charge in [-0.3, -0.25) is 4.79 Å². The highest BCUT2D eigenvalue weighted by Gasteiger charge is 2.46. The fraction of sp³-hybridized carbons (Fsp3) is 0.444. The number of nitrogens with zero attached hydrogens (tertiary/aromatic N) is 1. The number of carbonyl (C=O) groups is 1. The van der Waals surface area contributed by atoms with Gasteiger partial charge in [0.15, 0.2) is 0 Å². The van der Waals surface area contributed by atoms with E-state index in [-0.39, 0.29) is 17.3 Å². The van der Waals surface area contributed by atoms with Crippen molar-refractivity contribution in [2.75, 3.05) is 26.7 Å². The molecule has 2 aromatic rings. The van der Waals surface area contributed by atoms with Crippen molar-refractivity contribution in [2.45, 2.75) is 38.0 Å². The van der Waals surface area contributed by atoms with Crippen LogP contribution in [-0.2, 0) is 9.53 Å². The van der Waals surface area contributed by atoms with Gasteiger partial charge in [-0.25, -0.2) is 0 Å². The Bertz CT molecular complexity index is 808. The molecule has 2 aromatic carbocycles. The van der Waals surface area contributed by atoms with Crippen LogP contribution in [0.2, 0.25) is 0 Å². The van der Waals surface area contributed by atoms with E-state index < -0.39 is 0 Å². The summed E-state index contributed by atoms with van der Waals surface area (Å²) in [5, 5.41) is 0. The van der Waals surface area contributed by atoms with Crippen LogP contribution in [0.4, 0.5) is 0 Å². The molecule has 0 radical (unpaired) electrons. The minimum Gasteiger partial charge on any atom is -0.469 e. The van der Waals surface area contributed by atoms with Crippen LogP contribution in [0, 0.1) is 11.3 Å². The Morgan fingerprint density at radius 1 is 1.07 bits per heavy atom. The van der Waals surface area contributed by atoms with Crippen LogP contribution in [0.3, 0.4) is 0 Å². The summed E-state index contributed by atoms with van der Waals surface area (Å²) in [5.41, 5.74) is 2.79. The predicted octanol–water partition coefficient (Wildman–Crippen LogP) is 5.43. The Morgan fingerprint density at radius 3 is 2.37 bits per heavy atom. The minimum absolute atomic E-state index is 0.00524. The van der Waals surface area contributed by atoms with Crippen molar-refractivity contribution in [1.82, 2.24) is 4.90 Å². The van der Waals surface area contributed by atoms with Gasteiger partial charge in [0.25, 0.3) is 0 Å². The Balaban J connectivity index is 1.49. The monoisotopic (exact) mass is 403 g/mol. The molecule has 0 unspecified atom stereocenters. The number of rotatable bonds is 6. The molecule has 4 rings (SSSR count). The number of benzene rings is 2. The average molecular weight is 404 g/mol. The summed E-state index contributed by atoms with van der Waals surface area (Å²) < 4.78 is 5.18. The molecule has 30 heavy (non-hydrogen) atoms. The van der Waals surface area contributed by atoms with E-state index in [9.17, 15) is 4.79 Å². The van der Waals surface area contributed by atoms with Crippen molar-refractivity contribution in [2.24, 2.45) is 11.3 Å². The molecule has 1 aliphatic carbocycles. The zero-order chi connectivity index (χ0) is 20.8. The van der Waals surface area contributed by atoms with E-state index in [1.807, 2.05) is 0 Å². The van der Waals surface area contributed by atoms with Gasteiger partial charge in [0.2, 0.25) is 0 Å². The SMILES string of the molecule is COC(=O)[C@@H]1CC=CC[C@@]12CCCN(CCC(c1ccccc1)c1ccccc1)C2. The summed E-state index contributed by atoms with van der Waals surface area (Å²) in [4.78, 5) is 15.1. The number of hydrogen-bond acceptors (Lipinski definition) is 3. The Labute approximate surface area is 180 Å². The maximum absolute atomic E-state index is 12.5. The van der Waals surface area contributed by atoms with Crippen LogP contribution in [0.15, 0.2) is 72.8 Å². The lowest BCUT2D eigenvalue weighted by atomic mass is 9.64. The van der Waals surface area contributed by atoms with Crippen molar-refractivity contribution in [3.8, 4) is 0 Å². The molecule has 3 nitrogen and oxygen atoms in total. The van der Waals surface area contributed by atoms with Gasteiger partial charge in [0.05, 0.1) is 13.0 Å². The number of carbonyl (C=O) groups excluding carboxylic acids is 1. The summed E-state index contributed by atoms with van der Waals surface area (Å²) in [6.07, 6.45) is 9.60. The molecule has 1 saturated heterocycles. The number of piperidine rings is 1. The maximum atomic E-state index is 12.5. The Kier molecular flexibility index (Phi) is 6.69. The summed E-state index contributed by atoms with van der Waals surface area (Å²) in [7, 11) is 1.53. The van der Waals surface area contributed by atoms with Crippen molar-refractivity contribution >= 4 is 5.97 Å². The number of hydrogen-bond donors (Lipinski definition) is 0.